The number of carbonyl (C=O) groups excluding carboxylic acids is 1. The van der Waals surface area contributed by atoms with Crippen LogP contribution in [0.4, 0.5) is 0 Å². The lowest BCUT2D eigenvalue weighted by Crippen LogP contribution is -2.30. The van der Waals surface area contributed by atoms with Gasteiger partial charge in [-0.1, -0.05) is 50.2 Å². The number of aryl methyl sites for hydroxylation is 1. The Labute approximate surface area is 212 Å². The van der Waals surface area contributed by atoms with Crippen molar-refractivity contribution in [2.45, 2.75) is 33.9 Å². The molecule has 184 valence electrons. The Kier molecular flexibility index (Phi) is 8.52. The highest BCUT2D eigenvalue weighted by atomic mass is 35.5. The monoisotopic (exact) mass is 492 g/mol. The number of fused-ring (bicyclic) bond motifs is 1. The lowest BCUT2D eigenvalue weighted by Gasteiger charge is -2.22. The van der Waals surface area contributed by atoms with Gasteiger partial charge in [0, 0.05) is 73.9 Å². The van der Waals surface area contributed by atoms with E-state index in [0.717, 1.165) is 39.0 Å². The first-order valence-electron chi connectivity index (χ1n) is 11.5. The van der Waals surface area contributed by atoms with Crippen LogP contribution in [0.2, 0.25) is 5.02 Å². The number of halogens is 1. The maximum atomic E-state index is 12.4. The highest BCUT2D eigenvalue weighted by Gasteiger charge is 2.18. The second kappa shape index (κ2) is 11.4. The van der Waals surface area contributed by atoms with E-state index in [9.17, 15) is 4.79 Å². The van der Waals surface area contributed by atoms with Crippen LogP contribution in [0.25, 0.3) is 16.6 Å². The predicted octanol–water partition coefficient (Wildman–Crippen LogP) is 5.87. The van der Waals surface area contributed by atoms with Crippen LogP contribution in [0.1, 0.15) is 36.2 Å². The zero-order chi connectivity index (χ0) is 25.7. The van der Waals surface area contributed by atoms with Gasteiger partial charge in [-0.25, -0.2) is 4.98 Å². The van der Waals surface area contributed by atoms with Crippen molar-refractivity contribution in [3.63, 3.8) is 0 Å². The Balaban J connectivity index is 1.98. The Morgan fingerprint density at radius 3 is 2.63 bits per heavy atom. The molecule has 0 aliphatic carbocycles. The number of para-hydroxylation sites is 1. The number of hydrogen-bond acceptors (Lipinski definition) is 5. The first-order chi connectivity index (χ1) is 16.6. The minimum atomic E-state index is -0.0896. The summed E-state index contributed by atoms with van der Waals surface area (Å²) in [6.45, 7) is 10.2. The molecule has 0 radical (unpaired) electrons. The number of benzene rings is 1. The van der Waals surface area contributed by atoms with Gasteiger partial charge >= 0.3 is 0 Å². The van der Waals surface area contributed by atoms with E-state index in [-0.39, 0.29) is 18.4 Å². The van der Waals surface area contributed by atoms with Crippen molar-refractivity contribution in [2.24, 2.45) is 5.92 Å². The summed E-state index contributed by atoms with van der Waals surface area (Å²) in [6.07, 6.45) is 7.10. The summed E-state index contributed by atoms with van der Waals surface area (Å²) in [6, 6.07) is 7.99. The fourth-order valence-corrected chi connectivity index (χ4v) is 4.23. The van der Waals surface area contributed by atoms with E-state index >= 15 is 0 Å². The zero-order valence-corrected chi connectivity index (χ0v) is 22.1. The summed E-state index contributed by atoms with van der Waals surface area (Å²) < 4.78 is 6.30. The van der Waals surface area contributed by atoms with Gasteiger partial charge in [0.15, 0.2) is 0 Å². The normalized spacial score (nSPS) is 11.6. The van der Waals surface area contributed by atoms with E-state index in [1.165, 1.54) is 0 Å². The molecule has 0 spiro atoms. The van der Waals surface area contributed by atoms with Crippen LogP contribution in [0.15, 0.2) is 55.4 Å². The lowest BCUT2D eigenvalue weighted by molar-refractivity contribution is -0.133. The van der Waals surface area contributed by atoms with Gasteiger partial charge in [-0.2, -0.15) is 0 Å². The van der Waals surface area contributed by atoms with Crippen molar-refractivity contribution >= 4 is 34.1 Å². The first-order valence-corrected chi connectivity index (χ1v) is 11.9. The SMILES string of the molecule is C=C/C=C(/c1cc(C)nc2c(OCc3c(Cl)cncc3CN(C)C(=O)C(C)C)cccc12)N(C)C. The molecule has 0 atom stereocenters. The van der Waals surface area contributed by atoms with Crippen LogP contribution < -0.4 is 4.74 Å². The summed E-state index contributed by atoms with van der Waals surface area (Å²) in [4.78, 5) is 25.2. The fourth-order valence-electron chi connectivity index (χ4n) is 3.99. The minimum Gasteiger partial charge on any atom is -0.487 e. The summed E-state index contributed by atoms with van der Waals surface area (Å²) in [5.74, 6) is 0.630. The number of carbonyl (C=O) groups is 1. The Hall–Kier alpha value is -3.38. The van der Waals surface area contributed by atoms with Crippen LogP contribution in [-0.4, -0.2) is 46.8 Å². The molecule has 1 amide bonds. The highest BCUT2D eigenvalue weighted by Crippen LogP contribution is 2.33. The Morgan fingerprint density at radius 1 is 1.23 bits per heavy atom. The van der Waals surface area contributed by atoms with Crippen LogP contribution >= 0.6 is 11.6 Å². The molecule has 7 heteroatoms. The Morgan fingerprint density at radius 2 is 1.97 bits per heavy atom. The van der Waals surface area contributed by atoms with Crippen LogP contribution in [-0.2, 0) is 17.9 Å². The molecule has 3 aromatic rings. The van der Waals surface area contributed by atoms with Crippen molar-refractivity contribution < 1.29 is 9.53 Å². The molecule has 2 aromatic heterocycles. The van der Waals surface area contributed by atoms with Gasteiger partial charge in [0.05, 0.1) is 5.02 Å². The van der Waals surface area contributed by atoms with E-state index in [4.69, 9.17) is 21.3 Å². The zero-order valence-electron chi connectivity index (χ0n) is 21.3. The molecule has 0 aliphatic heterocycles. The largest absolute Gasteiger partial charge is 0.487 e. The summed E-state index contributed by atoms with van der Waals surface area (Å²) in [7, 11) is 5.79. The first kappa shape index (κ1) is 26.2. The number of allylic oxidation sites excluding steroid dienone is 2. The number of amides is 1. The van der Waals surface area contributed by atoms with Crippen molar-refractivity contribution in [1.82, 2.24) is 19.8 Å². The van der Waals surface area contributed by atoms with Crippen LogP contribution in [0.5, 0.6) is 5.75 Å². The Bertz CT molecular complexity index is 1270. The molecule has 0 fully saturated rings. The second-order valence-corrected chi connectivity index (χ2v) is 9.45. The third-order valence-electron chi connectivity index (χ3n) is 5.71. The topological polar surface area (TPSA) is 58.6 Å². The number of pyridine rings is 2. The molecule has 0 unspecified atom stereocenters. The van der Waals surface area contributed by atoms with Crippen molar-refractivity contribution in [2.75, 3.05) is 21.1 Å². The molecule has 6 nitrogen and oxygen atoms in total. The molecule has 2 heterocycles. The molecule has 1 aromatic carbocycles. The third kappa shape index (κ3) is 6.01. The van der Waals surface area contributed by atoms with E-state index in [2.05, 4.69) is 22.5 Å². The molecule has 0 bridgehead atoms. The van der Waals surface area contributed by atoms with Crippen molar-refractivity contribution in [3.8, 4) is 5.75 Å². The van der Waals surface area contributed by atoms with Crippen LogP contribution in [0, 0.1) is 12.8 Å². The summed E-state index contributed by atoms with van der Waals surface area (Å²) in [5, 5.41) is 1.49. The van der Waals surface area contributed by atoms with E-state index < -0.39 is 0 Å². The quantitative estimate of drug-likeness (QED) is 0.349. The molecule has 35 heavy (non-hydrogen) atoms. The van der Waals surface area contributed by atoms with Gasteiger partial charge in [-0.05, 0) is 30.7 Å². The predicted molar refractivity (Wildman–Crippen MR) is 143 cm³/mol. The highest BCUT2D eigenvalue weighted by molar-refractivity contribution is 6.31. The molecule has 3 rings (SSSR count). The van der Waals surface area contributed by atoms with E-state index in [1.807, 2.05) is 59.1 Å². The van der Waals surface area contributed by atoms with Crippen molar-refractivity contribution in [1.29, 1.82) is 0 Å². The molecule has 0 aliphatic rings. The molecular weight excluding hydrogens is 460 g/mol. The minimum absolute atomic E-state index is 0.0578. The number of rotatable bonds is 9. The maximum absolute atomic E-state index is 12.4. The smallest absolute Gasteiger partial charge is 0.225 e. The average molecular weight is 493 g/mol. The van der Waals surface area contributed by atoms with Gasteiger partial charge in [0.1, 0.15) is 17.9 Å². The van der Waals surface area contributed by atoms with Gasteiger partial charge in [-0.3, -0.25) is 9.78 Å². The molecular formula is C28H33ClN4O2. The number of nitrogens with zero attached hydrogens (tertiary/aromatic N) is 4. The van der Waals surface area contributed by atoms with E-state index in [0.29, 0.717) is 17.3 Å². The number of ether oxygens (including phenoxy) is 1. The van der Waals surface area contributed by atoms with Gasteiger partial charge in [0.2, 0.25) is 5.91 Å². The standard InChI is InChI=1S/C28H33ClN4O2/c1-8-10-25(32(5)6)22-13-19(4)31-27-21(22)11-9-12-26(27)35-17-23-20(14-30-15-24(23)29)16-33(7)28(34)18(2)3/h8-15,18H,1,16-17H2,2-7H3/b25-10-. The van der Waals surface area contributed by atoms with Gasteiger partial charge in [0.25, 0.3) is 0 Å². The number of aromatic nitrogens is 2. The second-order valence-electron chi connectivity index (χ2n) is 9.04. The summed E-state index contributed by atoms with van der Waals surface area (Å²) in [5.41, 5.74) is 5.40. The molecule has 0 N–H and O–H groups in total. The fraction of sp³-hybridized carbons (Fsp3) is 0.321. The molecule has 0 saturated heterocycles. The number of hydrogen-bond donors (Lipinski definition) is 0. The molecule has 0 saturated carbocycles. The van der Waals surface area contributed by atoms with Crippen molar-refractivity contribution in [3.05, 3.63) is 82.8 Å². The van der Waals surface area contributed by atoms with Crippen LogP contribution in [0.3, 0.4) is 0 Å². The third-order valence-corrected chi connectivity index (χ3v) is 6.03. The summed E-state index contributed by atoms with van der Waals surface area (Å²) >= 11 is 6.52. The van der Waals surface area contributed by atoms with E-state index in [1.54, 1.807) is 30.4 Å². The van der Waals surface area contributed by atoms with Gasteiger partial charge < -0.3 is 14.5 Å². The average Bonchev–Trinajstić information content (AvgIpc) is 2.81. The lowest BCUT2D eigenvalue weighted by atomic mass is 10.0. The van der Waals surface area contributed by atoms with Gasteiger partial charge in [-0.15, -0.1) is 0 Å². The maximum Gasteiger partial charge on any atom is 0.225 e.